The van der Waals surface area contributed by atoms with E-state index in [1.54, 1.807) is 0 Å². The summed E-state index contributed by atoms with van der Waals surface area (Å²) in [5.41, 5.74) is 0. The van der Waals surface area contributed by atoms with Gasteiger partial charge >= 0.3 is 17.9 Å². The lowest BCUT2D eigenvalue weighted by Gasteiger charge is -2.18. The van der Waals surface area contributed by atoms with Crippen molar-refractivity contribution in [3.63, 3.8) is 0 Å². The Morgan fingerprint density at radius 1 is 0.276 bits per heavy atom. The summed E-state index contributed by atoms with van der Waals surface area (Å²) in [4.78, 5) is 38.4. The summed E-state index contributed by atoms with van der Waals surface area (Å²) in [5, 5.41) is 0. The fourth-order valence-electron chi connectivity index (χ4n) is 10.1. The number of hydrogen-bond acceptors (Lipinski definition) is 6. The third-order valence-corrected chi connectivity index (χ3v) is 15.1. The average molecular weight is 1070 g/mol. The predicted octanol–water partition coefficient (Wildman–Crippen LogP) is 22.9. The number of allylic oxidation sites excluding steroid dienone is 8. The highest BCUT2D eigenvalue weighted by atomic mass is 16.6. The number of hydrogen-bond donors (Lipinski definition) is 0. The third-order valence-electron chi connectivity index (χ3n) is 15.1. The van der Waals surface area contributed by atoms with Crippen LogP contribution < -0.4 is 0 Å². The van der Waals surface area contributed by atoms with E-state index < -0.39 is 6.10 Å². The topological polar surface area (TPSA) is 78.9 Å². The van der Waals surface area contributed by atoms with Crippen molar-refractivity contribution < 1.29 is 28.6 Å². The van der Waals surface area contributed by atoms with Crippen LogP contribution in [-0.4, -0.2) is 37.2 Å². The molecule has 76 heavy (non-hydrogen) atoms. The Morgan fingerprint density at radius 2 is 0.513 bits per heavy atom. The molecule has 0 aromatic carbocycles. The van der Waals surface area contributed by atoms with Crippen LogP contribution >= 0.6 is 0 Å². The minimum atomic E-state index is -0.781. The highest BCUT2D eigenvalue weighted by Crippen LogP contribution is 2.18. The van der Waals surface area contributed by atoms with E-state index in [2.05, 4.69) is 69.4 Å². The van der Waals surface area contributed by atoms with E-state index in [1.807, 2.05) is 0 Å². The van der Waals surface area contributed by atoms with Crippen molar-refractivity contribution in [3.8, 4) is 0 Å². The average Bonchev–Trinajstić information content (AvgIpc) is 3.42. The Balaban J connectivity index is 4.32. The van der Waals surface area contributed by atoms with Gasteiger partial charge in [0.2, 0.25) is 0 Å². The quantitative estimate of drug-likeness (QED) is 0.0261. The van der Waals surface area contributed by atoms with Gasteiger partial charge in [0.15, 0.2) is 6.10 Å². The van der Waals surface area contributed by atoms with Crippen LogP contribution in [0.5, 0.6) is 0 Å². The van der Waals surface area contributed by atoms with Gasteiger partial charge in [-0.25, -0.2) is 0 Å². The SMILES string of the molecule is CC/C=C\C/C=C\C/C=C\C/C=C\CCCCCCC(=O)OCC(COC(=O)CCCCCCCCCCCCCCCCCCCCCCCCC)OC(=O)CCCCCCCCCCCCCCCCCCCC. The molecule has 0 aliphatic heterocycles. The summed E-state index contributed by atoms with van der Waals surface area (Å²) in [6.45, 7) is 6.58. The smallest absolute Gasteiger partial charge is 0.306 e. The van der Waals surface area contributed by atoms with Crippen molar-refractivity contribution in [2.75, 3.05) is 13.2 Å². The molecule has 0 fully saturated rings. The van der Waals surface area contributed by atoms with E-state index >= 15 is 0 Å². The van der Waals surface area contributed by atoms with E-state index in [1.165, 1.54) is 225 Å². The Bertz CT molecular complexity index is 1310. The van der Waals surface area contributed by atoms with Gasteiger partial charge in [-0.05, 0) is 57.8 Å². The molecule has 0 rings (SSSR count). The van der Waals surface area contributed by atoms with Gasteiger partial charge in [0.1, 0.15) is 13.2 Å². The summed E-state index contributed by atoms with van der Waals surface area (Å²) < 4.78 is 17.0. The summed E-state index contributed by atoms with van der Waals surface area (Å²) in [6.07, 6.45) is 81.3. The maximum absolute atomic E-state index is 12.9. The molecule has 1 atom stereocenters. The Kier molecular flexibility index (Phi) is 62.6. The number of ether oxygens (including phenoxy) is 3. The van der Waals surface area contributed by atoms with Crippen LogP contribution in [0.2, 0.25) is 0 Å². The number of unbranched alkanes of at least 4 members (excludes halogenated alkanes) is 43. The van der Waals surface area contributed by atoms with E-state index in [4.69, 9.17) is 14.2 Å². The molecule has 0 N–H and O–H groups in total. The molecule has 0 aliphatic rings. The predicted molar refractivity (Wildman–Crippen MR) is 330 cm³/mol. The first kappa shape index (κ1) is 73.4. The van der Waals surface area contributed by atoms with Gasteiger partial charge in [0.05, 0.1) is 0 Å². The van der Waals surface area contributed by atoms with Gasteiger partial charge in [-0.2, -0.15) is 0 Å². The van der Waals surface area contributed by atoms with Crippen LogP contribution in [0.4, 0.5) is 0 Å². The monoisotopic (exact) mass is 1060 g/mol. The van der Waals surface area contributed by atoms with E-state index in [-0.39, 0.29) is 31.1 Å². The molecule has 0 saturated carbocycles. The van der Waals surface area contributed by atoms with Gasteiger partial charge in [-0.1, -0.05) is 333 Å². The summed E-state index contributed by atoms with van der Waals surface area (Å²) in [5.74, 6) is -0.874. The van der Waals surface area contributed by atoms with Crippen molar-refractivity contribution in [2.45, 2.75) is 367 Å². The van der Waals surface area contributed by atoms with Gasteiger partial charge < -0.3 is 14.2 Å². The van der Waals surface area contributed by atoms with Crippen LogP contribution in [0, 0.1) is 0 Å². The minimum absolute atomic E-state index is 0.0758. The van der Waals surface area contributed by atoms with Crippen molar-refractivity contribution in [3.05, 3.63) is 48.6 Å². The van der Waals surface area contributed by atoms with Gasteiger partial charge in [-0.3, -0.25) is 14.4 Å². The molecule has 6 heteroatoms. The highest BCUT2D eigenvalue weighted by Gasteiger charge is 2.19. The standard InChI is InChI=1S/C70H128O6/c1-4-7-10-13-16-19-22-25-28-31-33-34-35-36-37-40-42-45-48-51-54-57-60-63-69(72)75-66-67(65-74-68(71)62-59-56-53-50-47-44-41-38-30-27-24-21-18-15-12-9-6-3)76-70(73)64-61-58-55-52-49-46-43-39-32-29-26-23-20-17-14-11-8-5-2/h9,12,18,21,27,30,41,44,67H,4-8,10-11,13-17,19-20,22-26,28-29,31-40,42-43,45-66H2,1-3H3/b12-9-,21-18-,30-27-,44-41-. The highest BCUT2D eigenvalue weighted by molar-refractivity contribution is 5.71. The molecule has 0 saturated heterocycles. The van der Waals surface area contributed by atoms with Crippen LogP contribution in [0.1, 0.15) is 361 Å². The molecule has 0 aliphatic carbocycles. The molecular weight excluding hydrogens is 937 g/mol. The maximum atomic E-state index is 12.9. The molecular formula is C70H128O6. The van der Waals surface area contributed by atoms with E-state index in [0.717, 1.165) is 96.3 Å². The number of esters is 3. The molecule has 444 valence electrons. The van der Waals surface area contributed by atoms with Crippen molar-refractivity contribution >= 4 is 17.9 Å². The molecule has 6 nitrogen and oxygen atoms in total. The van der Waals surface area contributed by atoms with Crippen LogP contribution in [0.3, 0.4) is 0 Å². The minimum Gasteiger partial charge on any atom is -0.462 e. The van der Waals surface area contributed by atoms with Crippen LogP contribution in [0.25, 0.3) is 0 Å². The van der Waals surface area contributed by atoms with E-state index in [9.17, 15) is 14.4 Å². The molecule has 0 amide bonds. The van der Waals surface area contributed by atoms with Crippen LogP contribution in [-0.2, 0) is 28.6 Å². The second-order valence-corrected chi connectivity index (χ2v) is 22.7. The first-order valence-electron chi connectivity index (χ1n) is 33.6. The largest absolute Gasteiger partial charge is 0.462 e. The lowest BCUT2D eigenvalue weighted by Crippen LogP contribution is -2.30. The fourth-order valence-corrected chi connectivity index (χ4v) is 10.1. The Hall–Kier alpha value is -2.63. The van der Waals surface area contributed by atoms with Crippen molar-refractivity contribution in [2.24, 2.45) is 0 Å². The van der Waals surface area contributed by atoms with E-state index in [0.29, 0.717) is 19.3 Å². The number of rotatable bonds is 62. The zero-order valence-electron chi connectivity index (χ0n) is 51.0. The second-order valence-electron chi connectivity index (χ2n) is 22.7. The lowest BCUT2D eigenvalue weighted by molar-refractivity contribution is -0.167. The van der Waals surface area contributed by atoms with Gasteiger partial charge in [0, 0.05) is 19.3 Å². The Morgan fingerprint density at radius 3 is 0.803 bits per heavy atom. The van der Waals surface area contributed by atoms with Crippen molar-refractivity contribution in [1.29, 1.82) is 0 Å². The molecule has 0 heterocycles. The van der Waals surface area contributed by atoms with Crippen molar-refractivity contribution in [1.82, 2.24) is 0 Å². The zero-order chi connectivity index (χ0) is 55.0. The third kappa shape index (κ3) is 62.2. The molecule has 0 radical (unpaired) electrons. The lowest BCUT2D eigenvalue weighted by atomic mass is 10.0. The van der Waals surface area contributed by atoms with Gasteiger partial charge in [-0.15, -0.1) is 0 Å². The van der Waals surface area contributed by atoms with Crippen LogP contribution in [0.15, 0.2) is 48.6 Å². The second kappa shape index (κ2) is 64.9. The normalized spacial score (nSPS) is 12.3. The molecule has 0 aromatic heterocycles. The summed E-state index contributed by atoms with van der Waals surface area (Å²) in [6, 6.07) is 0. The zero-order valence-corrected chi connectivity index (χ0v) is 51.0. The first-order valence-corrected chi connectivity index (χ1v) is 33.6. The first-order chi connectivity index (χ1) is 37.5. The summed E-state index contributed by atoms with van der Waals surface area (Å²) >= 11 is 0. The molecule has 0 aromatic rings. The Labute approximate surface area is 473 Å². The molecule has 0 bridgehead atoms. The summed E-state index contributed by atoms with van der Waals surface area (Å²) in [7, 11) is 0. The maximum Gasteiger partial charge on any atom is 0.306 e. The number of carbonyl (C=O) groups is 3. The molecule has 1 unspecified atom stereocenters. The molecule has 0 spiro atoms. The van der Waals surface area contributed by atoms with Gasteiger partial charge in [0.25, 0.3) is 0 Å². The number of carbonyl (C=O) groups excluding carboxylic acids is 3. The fraction of sp³-hybridized carbons (Fsp3) is 0.843.